The first-order valence-corrected chi connectivity index (χ1v) is 9.94. The van der Waals surface area contributed by atoms with Gasteiger partial charge >= 0.3 is 5.97 Å². The normalized spacial score (nSPS) is 32.4. The third kappa shape index (κ3) is 2.75. The number of piperazine rings is 1. The number of fused-ring (bicyclic) bond motifs is 4. The number of carbonyl (C=O) groups is 3. The van der Waals surface area contributed by atoms with Gasteiger partial charge in [-0.25, -0.2) is 0 Å². The summed E-state index contributed by atoms with van der Waals surface area (Å²) >= 11 is 0. The van der Waals surface area contributed by atoms with Crippen molar-refractivity contribution in [2.45, 2.75) is 44.5 Å². The van der Waals surface area contributed by atoms with Crippen molar-refractivity contribution in [2.75, 3.05) is 33.5 Å². The Kier molecular flexibility index (Phi) is 5.00. The Hall–Kier alpha value is -2.23. The molecule has 3 heterocycles. The van der Waals surface area contributed by atoms with Crippen LogP contribution in [0.25, 0.3) is 0 Å². The summed E-state index contributed by atoms with van der Waals surface area (Å²) in [5.74, 6) is -1.66. The van der Waals surface area contributed by atoms with Crippen LogP contribution < -0.4 is 5.32 Å². The van der Waals surface area contributed by atoms with Crippen LogP contribution in [0.2, 0.25) is 0 Å². The molecule has 0 aromatic heterocycles. The van der Waals surface area contributed by atoms with Crippen molar-refractivity contribution < 1.29 is 33.7 Å². The summed E-state index contributed by atoms with van der Waals surface area (Å²) in [7, 11) is 1.54. The zero-order chi connectivity index (χ0) is 20.9. The second-order valence-electron chi connectivity index (χ2n) is 7.68. The number of hydrogen-bond donors (Lipinski definition) is 2. The van der Waals surface area contributed by atoms with Gasteiger partial charge in [-0.2, -0.15) is 0 Å². The highest BCUT2D eigenvalue weighted by Crippen LogP contribution is 2.55. The molecule has 2 saturated heterocycles. The molecule has 0 bridgehead atoms. The number of hydrogen-bond acceptors (Lipinski definition) is 9. The number of allylic oxidation sites excluding steroid dienone is 2. The van der Waals surface area contributed by atoms with Gasteiger partial charge < -0.3 is 29.5 Å². The first kappa shape index (κ1) is 20.1. The molecule has 4 unspecified atom stereocenters. The van der Waals surface area contributed by atoms with Crippen LogP contribution in [0.1, 0.15) is 26.7 Å². The molecule has 158 valence electrons. The Bertz CT molecular complexity index is 833. The van der Waals surface area contributed by atoms with Crippen LogP contribution >= 0.6 is 0 Å². The molecule has 0 radical (unpaired) electrons. The van der Waals surface area contributed by atoms with E-state index in [1.54, 1.807) is 21.0 Å². The molecule has 4 aliphatic rings. The molecule has 9 heteroatoms. The summed E-state index contributed by atoms with van der Waals surface area (Å²) in [5, 5.41) is 13.4. The highest BCUT2D eigenvalue weighted by molar-refractivity contribution is 6.25. The number of nitrogens with one attached hydrogen (secondary N) is 1. The Labute approximate surface area is 168 Å². The van der Waals surface area contributed by atoms with Gasteiger partial charge in [-0.05, 0) is 20.3 Å². The SMILES string of the molecule is CCOC(=O)CCCOC1=C(C)C(=O)C2=C(C1=O)C(CO)C1(OC)C3NC3CN21. The molecular weight excluding hydrogens is 380 g/mol. The first-order chi connectivity index (χ1) is 13.9. The van der Waals surface area contributed by atoms with E-state index in [0.717, 1.165) is 0 Å². The Morgan fingerprint density at radius 1 is 1.34 bits per heavy atom. The molecule has 3 aliphatic heterocycles. The van der Waals surface area contributed by atoms with E-state index < -0.39 is 17.4 Å². The Balaban J connectivity index is 1.55. The number of ether oxygens (including phenoxy) is 3. The smallest absolute Gasteiger partial charge is 0.305 e. The number of aliphatic hydroxyl groups excluding tert-OH is 1. The number of methoxy groups -OCH3 is 1. The first-order valence-electron chi connectivity index (χ1n) is 9.94. The molecule has 29 heavy (non-hydrogen) atoms. The lowest BCUT2D eigenvalue weighted by molar-refractivity contribution is -0.143. The van der Waals surface area contributed by atoms with Crippen molar-refractivity contribution in [1.29, 1.82) is 0 Å². The topological polar surface area (TPSA) is 124 Å². The zero-order valence-corrected chi connectivity index (χ0v) is 16.8. The van der Waals surface area contributed by atoms with E-state index in [4.69, 9.17) is 14.2 Å². The number of aliphatic hydroxyl groups is 1. The number of esters is 1. The van der Waals surface area contributed by atoms with Crippen LogP contribution in [-0.4, -0.2) is 78.8 Å². The van der Waals surface area contributed by atoms with Gasteiger partial charge in [0.25, 0.3) is 0 Å². The minimum atomic E-state index is -0.935. The van der Waals surface area contributed by atoms with Gasteiger partial charge in [-0.1, -0.05) is 0 Å². The number of ketones is 2. The van der Waals surface area contributed by atoms with Crippen LogP contribution in [0.5, 0.6) is 0 Å². The summed E-state index contributed by atoms with van der Waals surface area (Å²) < 4.78 is 16.3. The molecule has 0 amide bonds. The molecule has 4 atom stereocenters. The second kappa shape index (κ2) is 7.23. The van der Waals surface area contributed by atoms with Crippen LogP contribution in [0.15, 0.2) is 22.6 Å². The maximum absolute atomic E-state index is 13.3. The maximum atomic E-state index is 13.3. The number of rotatable bonds is 8. The summed E-state index contributed by atoms with van der Waals surface area (Å²) in [6, 6.07) is 0.149. The zero-order valence-electron chi connectivity index (χ0n) is 16.8. The van der Waals surface area contributed by atoms with E-state index in [0.29, 0.717) is 25.3 Å². The van der Waals surface area contributed by atoms with E-state index in [-0.39, 0.29) is 60.4 Å². The fourth-order valence-electron chi connectivity index (χ4n) is 4.92. The lowest BCUT2D eigenvalue weighted by atomic mass is 9.83. The van der Waals surface area contributed by atoms with Crippen molar-refractivity contribution in [3.63, 3.8) is 0 Å². The Morgan fingerprint density at radius 2 is 2.10 bits per heavy atom. The largest absolute Gasteiger partial charge is 0.489 e. The molecule has 2 fully saturated rings. The molecular formula is C20H26N2O7. The highest BCUT2D eigenvalue weighted by atomic mass is 16.5. The van der Waals surface area contributed by atoms with E-state index in [2.05, 4.69) is 5.32 Å². The molecule has 4 rings (SSSR count). The average Bonchev–Trinajstić information content (AvgIpc) is 3.31. The van der Waals surface area contributed by atoms with Crippen LogP contribution in [0.4, 0.5) is 0 Å². The average molecular weight is 406 g/mol. The number of carbonyl (C=O) groups excluding carboxylic acids is 3. The molecule has 9 nitrogen and oxygen atoms in total. The van der Waals surface area contributed by atoms with Crippen LogP contribution in [0.3, 0.4) is 0 Å². The van der Waals surface area contributed by atoms with Gasteiger partial charge in [0.1, 0.15) is 0 Å². The summed E-state index contributed by atoms with van der Waals surface area (Å²) in [6.45, 7) is 3.96. The third-order valence-electron chi connectivity index (χ3n) is 6.24. The summed E-state index contributed by atoms with van der Waals surface area (Å²) in [4.78, 5) is 39.7. The van der Waals surface area contributed by atoms with E-state index in [9.17, 15) is 19.5 Å². The minimum absolute atomic E-state index is 0.0104. The van der Waals surface area contributed by atoms with Gasteiger partial charge in [0.2, 0.25) is 11.6 Å². The predicted octanol–water partition coefficient (Wildman–Crippen LogP) is -0.353. The quantitative estimate of drug-likeness (QED) is 0.241. The molecule has 0 aromatic carbocycles. The van der Waals surface area contributed by atoms with Crippen molar-refractivity contribution in [3.8, 4) is 0 Å². The molecule has 0 saturated carbocycles. The van der Waals surface area contributed by atoms with Crippen molar-refractivity contribution in [1.82, 2.24) is 10.2 Å². The van der Waals surface area contributed by atoms with Gasteiger partial charge in [0.05, 0.1) is 37.5 Å². The summed E-state index contributed by atoms with van der Waals surface area (Å²) in [6.07, 6.45) is 0.541. The van der Waals surface area contributed by atoms with Crippen molar-refractivity contribution in [3.05, 3.63) is 22.6 Å². The van der Waals surface area contributed by atoms with Crippen molar-refractivity contribution >= 4 is 17.5 Å². The number of Topliss-reactive ketones (excluding diaryl/α,β-unsaturated/α-hetero) is 2. The van der Waals surface area contributed by atoms with Gasteiger partial charge in [0, 0.05) is 37.3 Å². The lowest BCUT2D eigenvalue weighted by Crippen LogP contribution is -2.54. The van der Waals surface area contributed by atoms with E-state index in [1.165, 1.54) is 0 Å². The summed E-state index contributed by atoms with van der Waals surface area (Å²) in [5.41, 5.74) is -0.115. The fourth-order valence-corrected chi connectivity index (χ4v) is 4.92. The second-order valence-corrected chi connectivity index (χ2v) is 7.68. The Morgan fingerprint density at radius 3 is 2.76 bits per heavy atom. The van der Waals surface area contributed by atoms with Gasteiger partial charge in [-0.3, -0.25) is 14.4 Å². The molecule has 0 aromatic rings. The van der Waals surface area contributed by atoms with Crippen molar-refractivity contribution in [2.24, 2.45) is 5.92 Å². The molecule has 0 spiro atoms. The fraction of sp³-hybridized carbons (Fsp3) is 0.650. The monoisotopic (exact) mass is 406 g/mol. The third-order valence-corrected chi connectivity index (χ3v) is 6.24. The molecule has 2 N–H and O–H groups in total. The highest BCUT2D eigenvalue weighted by Gasteiger charge is 2.72. The lowest BCUT2D eigenvalue weighted by Gasteiger charge is -2.39. The standard InChI is InChI=1S/C20H26N2O7/c1-4-28-13(24)6-5-7-29-18-10(2)16(25)15-14(17(18)26)11(9-23)20(27-3)19-12(21-19)8-22(15)20/h11-12,19,21,23H,4-9H2,1-3H3. The van der Waals surface area contributed by atoms with Gasteiger partial charge in [0.15, 0.2) is 11.5 Å². The van der Waals surface area contributed by atoms with E-state index in [1.807, 2.05) is 4.90 Å². The predicted molar refractivity (Wildman–Crippen MR) is 99.3 cm³/mol. The van der Waals surface area contributed by atoms with E-state index >= 15 is 0 Å². The van der Waals surface area contributed by atoms with Crippen LogP contribution in [0, 0.1) is 5.92 Å². The molecule has 1 aliphatic carbocycles. The maximum Gasteiger partial charge on any atom is 0.305 e. The number of nitrogens with zero attached hydrogens (tertiary/aromatic N) is 1. The van der Waals surface area contributed by atoms with Crippen LogP contribution in [-0.2, 0) is 28.6 Å². The van der Waals surface area contributed by atoms with Gasteiger partial charge in [-0.15, -0.1) is 0 Å². The minimum Gasteiger partial charge on any atom is -0.489 e.